The van der Waals surface area contributed by atoms with Crippen molar-refractivity contribution in [1.29, 1.82) is 0 Å². The van der Waals surface area contributed by atoms with Crippen molar-refractivity contribution in [3.63, 3.8) is 0 Å². The van der Waals surface area contributed by atoms with Crippen molar-refractivity contribution in [3.8, 4) is 11.6 Å². The molecule has 1 N–H and O–H groups in total. The molecule has 10 nitrogen and oxygen atoms in total. The third-order valence-electron chi connectivity index (χ3n) is 5.98. The predicted octanol–water partition coefficient (Wildman–Crippen LogP) is 2.97. The highest BCUT2D eigenvalue weighted by Gasteiger charge is 2.22. The molecule has 0 spiro atoms. The van der Waals surface area contributed by atoms with Crippen LogP contribution in [0.15, 0.2) is 64.4 Å². The number of H-pyrrole nitrogens is 1. The van der Waals surface area contributed by atoms with Crippen LogP contribution in [0.5, 0.6) is 5.75 Å². The second-order valence-electron chi connectivity index (χ2n) is 8.17. The van der Waals surface area contributed by atoms with Gasteiger partial charge in [0.2, 0.25) is 0 Å². The molecule has 0 atom stereocenters. The van der Waals surface area contributed by atoms with E-state index in [1.165, 1.54) is 10.8 Å². The molecule has 0 bridgehead atoms. The van der Waals surface area contributed by atoms with Crippen LogP contribution in [0.1, 0.15) is 28.5 Å². The first-order chi connectivity index (χ1) is 17.4. The Bertz CT molecular complexity index is 1750. The van der Waals surface area contributed by atoms with Crippen molar-refractivity contribution in [2.75, 3.05) is 13.7 Å². The number of hydrogen-bond donors (Lipinski definition) is 1. The van der Waals surface area contributed by atoms with E-state index in [4.69, 9.17) is 9.47 Å². The summed E-state index contributed by atoms with van der Waals surface area (Å²) in [5.74, 6) is 0.219. The maximum atomic E-state index is 13.5. The first-order valence-corrected chi connectivity index (χ1v) is 11.3. The molecule has 5 aromatic rings. The monoisotopic (exact) mass is 485 g/mol. The maximum Gasteiger partial charge on any atom is 0.343 e. The largest absolute Gasteiger partial charge is 0.496 e. The van der Waals surface area contributed by atoms with Gasteiger partial charge in [-0.25, -0.2) is 9.78 Å². The average molecular weight is 486 g/mol. The van der Waals surface area contributed by atoms with Crippen LogP contribution in [0.4, 0.5) is 0 Å². The van der Waals surface area contributed by atoms with E-state index < -0.39 is 11.5 Å². The summed E-state index contributed by atoms with van der Waals surface area (Å²) in [6.07, 6.45) is 3.18. The van der Waals surface area contributed by atoms with E-state index in [9.17, 15) is 14.4 Å². The zero-order valence-corrected chi connectivity index (χ0v) is 19.9. The Kier molecular flexibility index (Phi) is 5.85. The Morgan fingerprint density at radius 1 is 1.03 bits per heavy atom. The lowest BCUT2D eigenvalue weighted by Crippen LogP contribution is -2.23. The standard InChI is InChI=1S/C26H23N5O5/c1-4-36-26(34)22-15(2)28-29-23(22)31-12-10-20-18(25(31)33)13-17-19(27-20)9-11-30(24(17)32)14-16-7-5-6-8-21(16)35-3/h5-13H,4,14H2,1-3H3,(H,28,29). The molecule has 0 aliphatic carbocycles. The van der Waals surface area contributed by atoms with Gasteiger partial charge in [0.15, 0.2) is 5.82 Å². The molecule has 0 unspecified atom stereocenters. The van der Waals surface area contributed by atoms with Crippen LogP contribution < -0.4 is 15.9 Å². The Labute approximate surface area is 204 Å². The van der Waals surface area contributed by atoms with Gasteiger partial charge in [0.05, 0.1) is 42.1 Å². The molecule has 0 aliphatic rings. The molecular formula is C26H23N5O5. The average Bonchev–Trinajstić information content (AvgIpc) is 3.27. The Balaban J connectivity index is 1.66. The molecule has 4 aromatic heterocycles. The smallest absolute Gasteiger partial charge is 0.343 e. The summed E-state index contributed by atoms with van der Waals surface area (Å²) in [7, 11) is 1.58. The Hall–Kier alpha value is -4.73. The van der Waals surface area contributed by atoms with E-state index in [2.05, 4.69) is 15.2 Å². The highest BCUT2D eigenvalue weighted by Crippen LogP contribution is 2.21. The first-order valence-electron chi connectivity index (χ1n) is 11.3. The number of benzene rings is 1. The van der Waals surface area contributed by atoms with Gasteiger partial charge >= 0.3 is 5.97 Å². The van der Waals surface area contributed by atoms with E-state index in [1.807, 2.05) is 24.3 Å². The van der Waals surface area contributed by atoms with E-state index in [0.717, 1.165) is 5.56 Å². The number of aromatic nitrogens is 5. The summed E-state index contributed by atoms with van der Waals surface area (Å²) < 4.78 is 13.3. The minimum absolute atomic E-state index is 0.125. The van der Waals surface area contributed by atoms with E-state index >= 15 is 0 Å². The summed E-state index contributed by atoms with van der Waals surface area (Å²) in [6.45, 7) is 3.86. The molecular weight excluding hydrogens is 462 g/mol. The number of aromatic amines is 1. The molecule has 4 heterocycles. The molecule has 36 heavy (non-hydrogen) atoms. The Morgan fingerprint density at radius 3 is 2.50 bits per heavy atom. The fourth-order valence-corrected chi connectivity index (χ4v) is 4.21. The number of carbonyl (C=O) groups excluding carboxylic acids is 1. The quantitative estimate of drug-likeness (QED) is 0.290. The van der Waals surface area contributed by atoms with Crippen molar-refractivity contribution in [1.82, 2.24) is 24.3 Å². The van der Waals surface area contributed by atoms with E-state index in [1.54, 1.807) is 49.9 Å². The molecule has 1 aromatic carbocycles. The molecule has 5 rings (SSSR count). The lowest BCUT2D eigenvalue weighted by Gasteiger charge is -2.11. The zero-order valence-electron chi connectivity index (χ0n) is 19.9. The summed E-state index contributed by atoms with van der Waals surface area (Å²) >= 11 is 0. The molecule has 0 fully saturated rings. The van der Waals surface area contributed by atoms with Crippen LogP contribution >= 0.6 is 0 Å². The van der Waals surface area contributed by atoms with Gasteiger partial charge in [-0.1, -0.05) is 18.2 Å². The molecule has 0 saturated heterocycles. The van der Waals surface area contributed by atoms with Crippen molar-refractivity contribution >= 4 is 27.8 Å². The molecule has 0 aliphatic heterocycles. The van der Waals surface area contributed by atoms with Crippen LogP contribution in [-0.2, 0) is 11.3 Å². The fourth-order valence-electron chi connectivity index (χ4n) is 4.21. The van der Waals surface area contributed by atoms with Crippen molar-refractivity contribution in [3.05, 3.63) is 92.4 Å². The third kappa shape index (κ3) is 3.82. The Morgan fingerprint density at radius 2 is 1.75 bits per heavy atom. The van der Waals surface area contributed by atoms with Gasteiger partial charge in [-0.3, -0.25) is 19.3 Å². The number of ether oxygens (including phenoxy) is 2. The summed E-state index contributed by atoms with van der Waals surface area (Å²) in [4.78, 5) is 43.9. The van der Waals surface area contributed by atoms with Crippen molar-refractivity contribution in [2.45, 2.75) is 20.4 Å². The number of para-hydroxylation sites is 1. The summed E-state index contributed by atoms with van der Waals surface area (Å²) in [5.41, 5.74) is 1.65. The molecule has 0 saturated carbocycles. The molecule has 10 heteroatoms. The lowest BCUT2D eigenvalue weighted by atomic mass is 10.1. The number of aryl methyl sites for hydroxylation is 1. The summed E-state index contributed by atoms with van der Waals surface area (Å²) in [5, 5.41) is 7.43. The topological polar surface area (TPSA) is 121 Å². The lowest BCUT2D eigenvalue weighted by molar-refractivity contribution is 0.0525. The zero-order chi connectivity index (χ0) is 25.4. The van der Waals surface area contributed by atoms with Gasteiger partial charge in [0.1, 0.15) is 11.3 Å². The highest BCUT2D eigenvalue weighted by atomic mass is 16.5. The number of nitrogens with zero attached hydrogens (tertiary/aromatic N) is 4. The van der Waals surface area contributed by atoms with Crippen LogP contribution in [0.3, 0.4) is 0 Å². The third-order valence-corrected chi connectivity index (χ3v) is 5.98. The molecule has 182 valence electrons. The van der Waals surface area contributed by atoms with Crippen molar-refractivity contribution < 1.29 is 14.3 Å². The predicted molar refractivity (Wildman–Crippen MR) is 134 cm³/mol. The number of esters is 1. The normalized spacial score (nSPS) is 11.2. The van der Waals surface area contributed by atoms with Gasteiger partial charge in [-0.2, -0.15) is 5.10 Å². The van der Waals surface area contributed by atoms with Crippen LogP contribution in [0.25, 0.3) is 27.6 Å². The number of fused-ring (bicyclic) bond motifs is 2. The number of nitrogens with one attached hydrogen (secondary N) is 1. The van der Waals surface area contributed by atoms with Crippen LogP contribution in [0.2, 0.25) is 0 Å². The van der Waals surface area contributed by atoms with Gasteiger partial charge in [0, 0.05) is 23.7 Å². The maximum absolute atomic E-state index is 13.5. The first kappa shape index (κ1) is 23.0. The van der Waals surface area contributed by atoms with Gasteiger partial charge in [-0.05, 0) is 38.1 Å². The minimum atomic E-state index is -0.582. The van der Waals surface area contributed by atoms with Crippen LogP contribution in [0, 0.1) is 6.92 Å². The number of carbonyl (C=O) groups is 1. The van der Waals surface area contributed by atoms with Gasteiger partial charge in [-0.15, -0.1) is 0 Å². The van der Waals surface area contributed by atoms with E-state index in [0.29, 0.717) is 34.4 Å². The van der Waals surface area contributed by atoms with E-state index in [-0.39, 0.29) is 28.9 Å². The SMILES string of the molecule is CCOC(=O)c1c(-n2ccc3nc4ccn(Cc5ccccc5OC)c(=O)c4cc3c2=O)n[nH]c1C. The van der Waals surface area contributed by atoms with Crippen molar-refractivity contribution in [2.24, 2.45) is 0 Å². The number of rotatable bonds is 6. The number of methoxy groups -OCH3 is 1. The molecule has 0 radical (unpaired) electrons. The summed E-state index contributed by atoms with van der Waals surface area (Å²) in [6, 6.07) is 12.4. The van der Waals surface area contributed by atoms with Crippen LogP contribution in [-0.4, -0.2) is 44.0 Å². The highest BCUT2D eigenvalue weighted by molar-refractivity contribution is 5.95. The number of pyridine rings is 3. The second kappa shape index (κ2) is 9.14. The van der Waals surface area contributed by atoms with Gasteiger partial charge in [0.25, 0.3) is 11.1 Å². The second-order valence-corrected chi connectivity index (χ2v) is 8.17. The number of hydrogen-bond acceptors (Lipinski definition) is 7. The minimum Gasteiger partial charge on any atom is -0.496 e. The fraction of sp³-hybridized carbons (Fsp3) is 0.192. The molecule has 0 amide bonds. The van der Waals surface area contributed by atoms with Gasteiger partial charge < -0.3 is 14.0 Å².